The molecule has 3 fully saturated rings. The number of benzene rings is 2. The number of piperidine rings is 1. The van der Waals surface area contributed by atoms with Gasteiger partial charge in [-0.25, -0.2) is 0 Å². The number of fused-ring (bicyclic) bond motifs is 4. The fourth-order valence-corrected chi connectivity index (χ4v) is 7.49. The summed E-state index contributed by atoms with van der Waals surface area (Å²) < 4.78 is 11.6. The van der Waals surface area contributed by atoms with E-state index in [0.717, 1.165) is 74.4 Å². The molecule has 4 bridgehead atoms. The largest absolute Gasteiger partial charge is 0.494 e. The van der Waals surface area contributed by atoms with Crippen LogP contribution in [0.15, 0.2) is 48.5 Å². The van der Waals surface area contributed by atoms with Gasteiger partial charge < -0.3 is 35.2 Å². The summed E-state index contributed by atoms with van der Waals surface area (Å²) in [6.07, 6.45) is 4.72. The minimum atomic E-state index is -1.10. The number of nitrogens with one attached hydrogen (secondary N) is 3. The van der Waals surface area contributed by atoms with Crippen molar-refractivity contribution in [2.75, 3.05) is 52.5 Å². The third kappa shape index (κ3) is 9.39. The fraction of sp³-hybridized carbons (Fsp3) is 0.579. The zero-order valence-corrected chi connectivity index (χ0v) is 28.7. The van der Waals surface area contributed by atoms with Crippen molar-refractivity contribution in [3.05, 3.63) is 65.2 Å². The molecular weight excluding hydrogens is 622 g/mol. The number of carbonyl (C=O) groups excluding carboxylic acids is 4. The van der Waals surface area contributed by atoms with Crippen molar-refractivity contribution in [1.29, 1.82) is 0 Å². The van der Waals surface area contributed by atoms with Crippen molar-refractivity contribution < 1.29 is 28.7 Å². The number of hydrogen-bond acceptors (Lipinski definition) is 7. The van der Waals surface area contributed by atoms with Crippen LogP contribution in [0.5, 0.6) is 5.75 Å². The van der Waals surface area contributed by atoms with Gasteiger partial charge in [0.1, 0.15) is 17.8 Å². The minimum Gasteiger partial charge on any atom is -0.494 e. The predicted molar refractivity (Wildman–Crippen MR) is 185 cm³/mol. The van der Waals surface area contributed by atoms with Crippen LogP contribution in [0.3, 0.4) is 0 Å². The highest BCUT2D eigenvalue weighted by atomic mass is 16.5. The summed E-state index contributed by atoms with van der Waals surface area (Å²) in [5.41, 5.74) is 3.23. The number of rotatable bonds is 7. The van der Waals surface area contributed by atoms with Gasteiger partial charge in [0.25, 0.3) is 0 Å². The van der Waals surface area contributed by atoms with Crippen LogP contribution in [0.25, 0.3) is 0 Å². The Bertz CT molecular complexity index is 1480. The molecule has 49 heavy (non-hydrogen) atoms. The average Bonchev–Trinajstić information content (AvgIpc) is 3.55. The van der Waals surface area contributed by atoms with E-state index in [9.17, 15) is 19.2 Å². The summed E-state index contributed by atoms with van der Waals surface area (Å²) in [5.74, 6) is -0.275. The molecule has 2 aromatic carbocycles. The van der Waals surface area contributed by atoms with E-state index >= 15 is 0 Å². The second-order valence-corrected chi connectivity index (χ2v) is 14.5. The first-order chi connectivity index (χ1) is 23.7. The number of aryl methyl sites for hydroxylation is 2. The Morgan fingerprint density at radius 2 is 1.88 bits per heavy atom. The maximum atomic E-state index is 14.0. The molecule has 0 saturated carbocycles. The molecule has 3 N–H and O–H groups in total. The van der Waals surface area contributed by atoms with Gasteiger partial charge in [-0.2, -0.15) is 0 Å². The molecule has 3 atom stereocenters. The topological polar surface area (TPSA) is 129 Å². The van der Waals surface area contributed by atoms with Crippen LogP contribution in [-0.4, -0.2) is 98.1 Å². The normalized spacial score (nSPS) is 25.0. The highest BCUT2D eigenvalue weighted by molar-refractivity contribution is 5.95. The molecule has 4 aliphatic rings. The number of nitrogens with zero attached hydrogens (tertiary/aromatic N) is 2. The van der Waals surface area contributed by atoms with Gasteiger partial charge in [0.05, 0.1) is 26.2 Å². The first-order valence-electron chi connectivity index (χ1n) is 18.0. The summed E-state index contributed by atoms with van der Waals surface area (Å²) in [5, 5.41) is 8.84. The molecule has 1 unspecified atom stereocenters. The van der Waals surface area contributed by atoms with Gasteiger partial charge in [0.2, 0.25) is 23.6 Å². The molecule has 2 aromatic rings. The Kier molecular flexibility index (Phi) is 11.5. The number of ether oxygens (including phenoxy) is 2. The van der Waals surface area contributed by atoms with E-state index < -0.39 is 18.0 Å². The van der Waals surface area contributed by atoms with Crippen LogP contribution in [0, 0.1) is 18.3 Å². The molecule has 3 saturated heterocycles. The Morgan fingerprint density at radius 3 is 2.65 bits per heavy atom. The van der Waals surface area contributed by atoms with Gasteiger partial charge >= 0.3 is 0 Å². The lowest BCUT2D eigenvalue weighted by Gasteiger charge is -2.37. The quantitative estimate of drug-likeness (QED) is 0.413. The Morgan fingerprint density at radius 1 is 1.04 bits per heavy atom. The average molecular weight is 674 g/mol. The maximum absolute atomic E-state index is 14.0. The first-order valence-corrected chi connectivity index (χ1v) is 18.0. The van der Waals surface area contributed by atoms with Gasteiger partial charge in [0.15, 0.2) is 0 Å². The lowest BCUT2D eigenvalue weighted by atomic mass is 9.85. The smallest absolute Gasteiger partial charge is 0.243 e. The van der Waals surface area contributed by atoms with E-state index in [2.05, 4.69) is 20.9 Å². The van der Waals surface area contributed by atoms with Crippen LogP contribution in [-0.2, 0) is 36.9 Å². The summed E-state index contributed by atoms with van der Waals surface area (Å²) in [6.45, 7) is 7.95. The molecule has 11 heteroatoms. The molecule has 4 heterocycles. The summed E-state index contributed by atoms with van der Waals surface area (Å²) in [6, 6.07) is 13.7. The lowest BCUT2D eigenvalue weighted by Crippen LogP contribution is -2.55. The van der Waals surface area contributed by atoms with Crippen LogP contribution in [0.2, 0.25) is 0 Å². The Labute approximate surface area is 289 Å². The van der Waals surface area contributed by atoms with Crippen LogP contribution < -0.4 is 20.7 Å². The predicted octanol–water partition coefficient (Wildman–Crippen LogP) is 2.74. The summed E-state index contributed by atoms with van der Waals surface area (Å²) in [7, 11) is 0. The molecule has 264 valence electrons. The van der Waals surface area contributed by atoms with Crippen molar-refractivity contribution in [2.45, 2.75) is 76.9 Å². The van der Waals surface area contributed by atoms with Crippen LogP contribution >= 0.6 is 0 Å². The zero-order valence-electron chi connectivity index (χ0n) is 28.7. The Balaban J connectivity index is 1.19. The highest BCUT2D eigenvalue weighted by Crippen LogP contribution is 2.37. The van der Waals surface area contributed by atoms with Gasteiger partial charge in [-0.05, 0) is 86.7 Å². The SMILES string of the molecule is Cc1ccc2cc1CNC(=O)[C@H](CCc1ccccc1)NC(=O)[C@@H](NC(=O)CCN1CCC3(COC3)C1)CC(=O)N1CCCC(CCO2)C1. The molecule has 0 radical (unpaired) electrons. The number of likely N-dealkylation sites (tertiary alicyclic amines) is 1. The Hall–Kier alpha value is -3.96. The van der Waals surface area contributed by atoms with Crippen molar-refractivity contribution in [3.8, 4) is 5.75 Å². The molecule has 11 nitrogen and oxygen atoms in total. The van der Waals surface area contributed by atoms with E-state index in [1.807, 2.05) is 60.4 Å². The highest BCUT2D eigenvalue weighted by Gasteiger charge is 2.44. The second-order valence-electron chi connectivity index (χ2n) is 14.5. The lowest BCUT2D eigenvalue weighted by molar-refractivity contribution is -0.138. The van der Waals surface area contributed by atoms with Crippen molar-refractivity contribution in [1.82, 2.24) is 25.8 Å². The van der Waals surface area contributed by atoms with E-state index in [4.69, 9.17) is 9.47 Å². The maximum Gasteiger partial charge on any atom is 0.243 e. The first kappa shape index (κ1) is 34.9. The molecule has 0 aromatic heterocycles. The standard InChI is InChI=1S/C38H51N5O6/c1-27-9-11-31-20-30(27)22-39-36(46)32(12-10-28-6-3-2-4-7-28)41-37(47)33(21-35(45)43-16-5-8-29(23-43)14-19-49-31)40-34(44)13-17-42-18-15-38(24-42)25-48-26-38/h2-4,6-7,9,11,20,29,32-33H,5,8,10,12-19,21-26H2,1H3,(H,39,46)(H,40,44)(H,41,47)/t29?,32-,33-/m0/s1. The van der Waals surface area contributed by atoms with Gasteiger partial charge in [-0.1, -0.05) is 36.4 Å². The van der Waals surface area contributed by atoms with E-state index in [1.165, 1.54) is 0 Å². The van der Waals surface area contributed by atoms with E-state index in [0.29, 0.717) is 39.1 Å². The fourth-order valence-electron chi connectivity index (χ4n) is 7.49. The molecule has 0 aliphatic carbocycles. The van der Waals surface area contributed by atoms with Crippen molar-refractivity contribution >= 4 is 23.6 Å². The number of carbonyl (C=O) groups is 4. The molecule has 6 rings (SSSR count). The third-order valence-corrected chi connectivity index (χ3v) is 10.7. The number of hydrogen-bond donors (Lipinski definition) is 3. The van der Waals surface area contributed by atoms with E-state index in [-0.39, 0.29) is 48.4 Å². The molecule has 1 spiro atoms. The summed E-state index contributed by atoms with van der Waals surface area (Å²) in [4.78, 5) is 58.8. The third-order valence-electron chi connectivity index (χ3n) is 10.7. The van der Waals surface area contributed by atoms with Crippen molar-refractivity contribution in [3.63, 3.8) is 0 Å². The van der Waals surface area contributed by atoms with Crippen LogP contribution in [0.1, 0.15) is 61.6 Å². The second kappa shape index (κ2) is 16.2. The minimum absolute atomic E-state index is 0.165. The van der Waals surface area contributed by atoms with E-state index in [1.54, 1.807) is 0 Å². The van der Waals surface area contributed by atoms with Gasteiger partial charge in [0, 0.05) is 44.6 Å². The molecule has 4 aliphatic heterocycles. The summed E-state index contributed by atoms with van der Waals surface area (Å²) >= 11 is 0. The van der Waals surface area contributed by atoms with Crippen molar-refractivity contribution in [2.24, 2.45) is 11.3 Å². The van der Waals surface area contributed by atoms with Crippen LogP contribution in [0.4, 0.5) is 0 Å². The zero-order chi connectivity index (χ0) is 34.2. The van der Waals surface area contributed by atoms with Gasteiger partial charge in [-0.3, -0.25) is 19.2 Å². The molecule has 4 amide bonds. The molecular formula is C38H51N5O6. The number of amides is 4. The van der Waals surface area contributed by atoms with Gasteiger partial charge in [-0.15, -0.1) is 0 Å². The monoisotopic (exact) mass is 673 g/mol.